The van der Waals surface area contributed by atoms with E-state index in [1.807, 2.05) is 20.2 Å². The molecule has 0 spiro atoms. The highest BCUT2D eigenvalue weighted by atomic mass is 15.1. The fourth-order valence-corrected chi connectivity index (χ4v) is 0.819. The van der Waals surface area contributed by atoms with Crippen LogP contribution >= 0.6 is 0 Å². The van der Waals surface area contributed by atoms with Gasteiger partial charge in [-0.1, -0.05) is 0 Å². The zero-order valence-electron chi connectivity index (χ0n) is 7.49. The van der Waals surface area contributed by atoms with E-state index in [0.29, 0.717) is 0 Å². The standard InChI is InChI=1S/C8H14N4/c1-12(2)6-5-9-8-3-4-10-11-7-8/h3-4,7H,5-6H2,1-2H3,(H,9,10). The van der Waals surface area contributed by atoms with Crippen molar-refractivity contribution in [3.8, 4) is 0 Å². The summed E-state index contributed by atoms with van der Waals surface area (Å²) >= 11 is 0. The lowest BCUT2D eigenvalue weighted by atomic mass is 10.4. The minimum absolute atomic E-state index is 0.929. The molecule has 1 N–H and O–H groups in total. The van der Waals surface area contributed by atoms with E-state index in [9.17, 15) is 0 Å². The van der Waals surface area contributed by atoms with E-state index in [-0.39, 0.29) is 0 Å². The van der Waals surface area contributed by atoms with Crippen LogP contribution in [0.5, 0.6) is 0 Å². The third-order valence-electron chi connectivity index (χ3n) is 1.47. The molecular formula is C8H14N4. The van der Waals surface area contributed by atoms with Crippen molar-refractivity contribution in [2.75, 3.05) is 32.5 Å². The summed E-state index contributed by atoms with van der Waals surface area (Å²) in [7, 11) is 4.10. The predicted octanol–water partition coefficient (Wildman–Crippen LogP) is 0.450. The molecule has 1 heterocycles. The molecule has 66 valence electrons. The van der Waals surface area contributed by atoms with Gasteiger partial charge in [0.25, 0.3) is 0 Å². The Bertz CT molecular complexity index is 210. The minimum atomic E-state index is 0.929. The number of rotatable bonds is 4. The molecule has 0 aliphatic rings. The molecule has 0 saturated heterocycles. The van der Waals surface area contributed by atoms with E-state index in [0.717, 1.165) is 18.8 Å². The Morgan fingerprint density at radius 3 is 2.83 bits per heavy atom. The van der Waals surface area contributed by atoms with E-state index < -0.39 is 0 Å². The highest BCUT2D eigenvalue weighted by Gasteiger charge is 1.91. The lowest BCUT2D eigenvalue weighted by molar-refractivity contribution is 0.425. The highest BCUT2D eigenvalue weighted by molar-refractivity contribution is 5.38. The number of hydrogen-bond donors (Lipinski definition) is 1. The summed E-state index contributed by atoms with van der Waals surface area (Å²) in [6.45, 7) is 1.95. The summed E-state index contributed by atoms with van der Waals surface area (Å²) in [4.78, 5) is 2.13. The number of nitrogens with zero attached hydrogens (tertiary/aromatic N) is 3. The van der Waals surface area contributed by atoms with Gasteiger partial charge in [0.15, 0.2) is 0 Å². The van der Waals surface area contributed by atoms with Gasteiger partial charge in [-0.05, 0) is 20.2 Å². The Hall–Kier alpha value is -1.16. The van der Waals surface area contributed by atoms with Crippen molar-refractivity contribution < 1.29 is 0 Å². The van der Waals surface area contributed by atoms with Crippen molar-refractivity contribution in [3.63, 3.8) is 0 Å². The van der Waals surface area contributed by atoms with E-state index in [1.54, 1.807) is 12.4 Å². The molecule has 0 aliphatic carbocycles. The quantitative estimate of drug-likeness (QED) is 0.705. The molecule has 4 nitrogen and oxygen atoms in total. The van der Waals surface area contributed by atoms with Gasteiger partial charge in [0.05, 0.1) is 18.1 Å². The van der Waals surface area contributed by atoms with Crippen LogP contribution in [0.25, 0.3) is 0 Å². The second-order valence-corrected chi connectivity index (χ2v) is 2.86. The van der Waals surface area contributed by atoms with Gasteiger partial charge in [-0.25, -0.2) is 0 Å². The third kappa shape index (κ3) is 3.30. The Labute approximate surface area is 72.6 Å². The van der Waals surface area contributed by atoms with Crippen LogP contribution in [0.2, 0.25) is 0 Å². The lowest BCUT2D eigenvalue weighted by Gasteiger charge is -2.10. The van der Waals surface area contributed by atoms with Crippen LogP contribution in [-0.2, 0) is 0 Å². The molecule has 0 amide bonds. The second-order valence-electron chi connectivity index (χ2n) is 2.86. The first-order valence-electron chi connectivity index (χ1n) is 3.94. The topological polar surface area (TPSA) is 41.0 Å². The Kier molecular flexibility index (Phi) is 3.47. The molecule has 1 aromatic heterocycles. The van der Waals surface area contributed by atoms with Crippen molar-refractivity contribution >= 4 is 5.69 Å². The minimum Gasteiger partial charge on any atom is -0.382 e. The Balaban J connectivity index is 2.25. The largest absolute Gasteiger partial charge is 0.382 e. The Morgan fingerprint density at radius 2 is 2.25 bits per heavy atom. The molecule has 1 aromatic rings. The maximum absolute atomic E-state index is 3.76. The smallest absolute Gasteiger partial charge is 0.0727 e. The van der Waals surface area contributed by atoms with E-state index in [2.05, 4.69) is 20.4 Å². The Morgan fingerprint density at radius 1 is 1.42 bits per heavy atom. The van der Waals surface area contributed by atoms with Crippen LogP contribution in [0.15, 0.2) is 18.5 Å². The van der Waals surface area contributed by atoms with Crippen LogP contribution in [0.4, 0.5) is 5.69 Å². The van der Waals surface area contributed by atoms with Crippen LogP contribution in [0, 0.1) is 0 Å². The van der Waals surface area contributed by atoms with Crippen LogP contribution < -0.4 is 5.32 Å². The van der Waals surface area contributed by atoms with Crippen molar-refractivity contribution in [2.45, 2.75) is 0 Å². The van der Waals surface area contributed by atoms with E-state index in [1.165, 1.54) is 0 Å². The molecule has 0 fully saturated rings. The lowest BCUT2D eigenvalue weighted by Crippen LogP contribution is -2.20. The zero-order chi connectivity index (χ0) is 8.81. The number of likely N-dealkylation sites (N-methyl/N-ethyl adjacent to an activating group) is 1. The van der Waals surface area contributed by atoms with Crippen molar-refractivity contribution in [2.24, 2.45) is 0 Å². The average Bonchev–Trinajstić information content (AvgIpc) is 2.05. The summed E-state index contributed by atoms with van der Waals surface area (Å²) in [5, 5.41) is 10.7. The first-order valence-corrected chi connectivity index (χ1v) is 3.94. The average molecular weight is 166 g/mol. The number of hydrogen-bond acceptors (Lipinski definition) is 4. The fourth-order valence-electron chi connectivity index (χ4n) is 0.819. The molecule has 0 bridgehead atoms. The molecule has 12 heavy (non-hydrogen) atoms. The van der Waals surface area contributed by atoms with Gasteiger partial charge in [0.1, 0.15) is 0 Å². The van der Waals surface area contributed by atoms with Crippen LogP contribution in [0.3, 0.4) is 0 Å². The normalized spacial score (nSPS) is 10.2. The maximum atomic E-state index is 3.76. The molecule has 0 unspecified atom stereocenters. The highest BCUT2D eigenvalue weighted by Crippen LogP contribution is 1.99. The van der Waals surface area contributed by atoms with Crippen molar-refractivity contribution in [1.29, 1.82) is 0 Å². The molecule has 0 saturated carbocycles. The van der Waals surface area contributed by atoms with E-state index in [4.69, 9.17) is 0 Å². The summed E-state index contributed by atoms with van der Waals surface area (Å²) in [5.74, 6) is 0. The second kappa shape index (κ2) is 4.66. The van der Waals surface area contributed by atoms with Gasteiger partial charge >= 0.3 is 0 Å². The van der Waals surface area contributed by atoms with Crippen molar-refractivity contribution in [3.05, 3.63) is 18.5 Å². The van der Waals surface area contributed by atoms with Crippen LogP contribution in [-0.4, -0.2) is 42.3 Å². The molecular weight excluding hydrogens is 152 g/mol. The van der Waals surface area contributed by atoms with Gasteiger partial charge in [-0.15, -0.1) is 0 Å². The molecule has 0 aromatic carbocycles. The summed E-state index contributed by atoms with van der Waals surface area (Å²) < 4.78 is 0. The fraction of sp³-hybridized carbons (Fsp3) is 0.500. The van der Waals surface area contributed by atoms with Gasteiger partial charge in [0, 0.05) is 13.1 Å². The molecule has 4 heteroatoms. The van der Waals surface area contributed by atoms with Gasteiger partial charge < -0.3 is 10.2 Å². The first-order chi connectivity index (χ1) is 5.79. The van der Waals surface area contributed by atoms with Crippen LogP contribution in [0.1, 0.15) is 0 Å². The SMILES string of the molecule is CN(C)CCNc1ccnnc1. The van der Waals surface area contributed by atoms with Gasteiger partial charge in [-0.3, -0.25) is 0 Å². The summed E-state index contributed by atoms with van der Waals surface area (Å²) in [6, 6.07) is 1.91. The number of anilines is 1. The zero-order valence-corrected chi connectivity index (χ0v) is 7.49. The molecule has 1 rings (SSSR count). The monoisotopic (exact) mass is 166 g/mol. The van der Waals surface area contributed by atoms with Gasteiger partial charge in [-0.2, -0.15) is 10.2 Å². The molecule has 0 radical (unpaired) electrons. The molecule has 0 atom stereocenters. The number of aromatic nitrogens is 2. The predicted molar refractivity (Wildman–Crippen MR) is 49.1 cm³/mol. The number of nitrogens with one attached hydrogen (secondary N) is 1. The van der Waals surface area contributed by atoms with Gasteiger partial charge in [0.2, 0.25) is 0 Å². The van der Waals surface area contributed by atoms with Crippen molar-refractivity contribution in [1.82, 2.24) is 15.1 Å². The first kappa shape index (κ1) is 8.93. The summed E-state index contributed by atoms with van der Waals surface area (Å²) in [5.41, 5.74) is 1.02. The maximum Gasteiger partial charge on any atom is 0.0727 e. The van der Waals surface area contributed by atoms with E-state index >= 15 is 0 Å². The molecule has 0 aliphatic heterocycles. The summed E-state index contributed by atoms with van der Waals surface area (Å²) in [6.07, 6.45) is 3.40. The third-order valence-corrected chi connectivity index (χ3v) is 1.47.